The monoisotopic (exact) mass is 979 g/mol. The van der Waals surface area contributed by atoms with E-state index in [2.05, 4.69) is 73.2 Å². The van der Waals surface area contributed by atoms with Crippen LogP contribution in [0.15, 0.2) is 131 Å². The van der Waals surface area contributed by atoms with Gasteiger partial charge in [0.1, 0.15) is 18.1 Å². The van der Waals surface area contributed by atoms with Gasteiger partial charge in [-0.2, -0.15) is 21.4 Å². The summed E-state index contributed by atoms with van der Waals surface area (Å²) in [6.45, 7) is 12.2. The van der Waals surface area contributed by atoms with Crippen LogP contribution in [0.3, 0.4) is 0 Å². The van der Waals surface area contributed by atoms with Crippen LogP contribution in [-0.2, 0) is 51.9 Å². The highest BCUT2D eigenvalue weighted by atomic mass is 32.2. The first-order valence-corrected chi connectivity index (χ1v) is 26.7. The molecule has 1 aliphatic carbocycles. The zero-order valence-electron chi connectivity index (χ0n) is 40.0. The minimum atomic E-state index is -4.50. The molecular formula is C53H63N4O10S2+. The third-order valence-electron chi connectivity index (χ3n) is 13.4. The number of anilines is 1. The molecule has 7 rings (SSSR count). The molecule has 3 amide bonds. The highest BCUT2D eigenvalue weighted by Gasteiger charge is 2.44. The van der Waals surface area contributed by atoms with E-state index in [1.807, 2.05) is 49.1 Å². The summed E-state index contributed by atoms with van der Waals surface area (Å²) in [5.74, 6) is -0.0433. The van der Waals surface area contributed by atoms with Gasteiger partial charge in [-0.25, -0.2) is 0 Å². The molecule has 0 saturated carbocycles. The van der Waals surface area contributed by atoms with Gasteiger partial charge in [-0.3, -0.25) is 28.4 Å². The van der Waals surface area contributed by atoms with Crippen molar-refractivity contribution < 1.29 is 49.6 Å². The number of imide groups is 1. The smallest absolute Gasteiger partial charge is 0.294 e. The SMILES string of the molecule is CCCC[N+]1=C(/C=C/C2=C(Oc3ccc(CCC(=O)NCCN4C(=O)C=CC4=O)cc3)C(=C/C=C3/N(CCCCS(=O)(=O)O)c4ccc(S(=O)(=O)O)cc4C3(C)C)/CCC2)C(C)(C)c2ccccc21. The maximum absolute atomic E-state index is 12.7. The normalized spacial score (nSPS) is 18.9. The minimum absolute atomic E-state index is 0.103. The number of hydrogen-bond donors (Lipinski definition) is 3. The summed E-state index contributed by atoms with van der Waals surface area (Å²) in [5.41, 5.74) is 7.84. The molecule has 3 aliphatic heterocycles. The van der Waals surface area contributed by atoms with Crippen molar-refractivity contribution in [1.82, 2.24) is 10.2 Å². The fraction of sp³-hybridized carbons (Fsp3) is 0.396. The number of nitrogens with zero attached hydrogens (tertiary/aromatic N) is 3. The molecule has 0 aromatic heterocycles. The number of allylic oxidation sites excluding steroid dienone is 7. The predicted octanol–water partition coefficient (Wildman–Crippen LogP) is 8.43. The second kappa shape index (κ2) is 21.0. The lowest BCUT2D eigenvalue weighted by Gasteiger charge is -2.27. The number of carbonyl (C=O) groups is 3. The summed E-state index contributed by atoms with van der Waals surface area (Å²) in [5, 5.41) is 2.79. The van der Waals surface area contributed by atoms with E-state index in [0.717, 1.165) is 65.2 Å². The Balaban J connectivity index is 1.21. The van der Waals surface area contributed by atoms with Gasteiger partial charge in [-0.05, 0) is 117 Å². The van der Waals surface area contributed by atoms with E-state index in [-0.39, 0.29) is 47.9 Å². The van der Waals surface area contributed by atoms with Gasteiger partial charge in [0.2, 0.25) is 11.6 Å². The third kappa shape index (κ3) is 11.7. The second-order valence-electron chi connectivity index (χ2n) is 19.0. The Labute approximate surface area is 406 Å². The van der Waals surface area contributed by atoms with E-state index >= 15 is 0 Å². The number of fused-ring (bicyclic) bond motifs is 2. The van der Waals surface area contributed by atoms with E-state index in [1.54, 1.807) is 6.07 Å². The molecular weight excluding hydrogens is 917 g/mol. The van der Waals surface area contributed by atoms with Gasteiger partial charge in [0.25, 0.3) is 32.1 Å². The quantitative estimate of drug-likeness (QED) is 0.0426. The van der Waals surface area contributed by atoms with Crippen LogP contribution in [0.25, 0.3) is 0 Å². The maximum Gasteiger partial charge on any atom is 0.294 e. The molecule has 0 radical (unpaired) electrons. The van der Waals surface area contributed by atoms with E-state index in [1.165, 1.54) is 41.2 Å². The zero-order chi connectivity index (χ0) is 49.7. The van der Waals surface area contributed by atoms with Gasteiger partial charge in [0.05, 0.1) is 16.1 Å². The standard InChI is InChI=1S/C53H62N4O10S2/c1-6-7-32-55-44-16-9-8-15-42(44)52(2,3)46(55)26-20-38-13-12-14-39(51(38)67-40-22-17-37(18-23-40)19-28-48(58)54-31-34-57-49(59)29-30-50(57)60)21-27-47-53(4,5)43-36-41(69(64,65)66)24-25-45(43)56(47)33-10-11-35-68(61,62)63/h8-9,15-18,20-27,29-30,36H,6-7,10-14,19,28,31-35H2,1-5H3,(H2-,54,58,61,62,63,64,65,66)/p+1. The highest BCUT2D eigenvalue weighted by molar-refractivity contribution is 7.86. The molecule has 3 aromatic carbocycles. The molecule has 16 heteroatoms. The molecule has 3 N–H and O–H groups in total. The number of para-hydroxylation sites is 1. The lowest BCUT2D eigenvalue weighted by atomic mass is 9.81. The van der Waals surface area contributed by atoms with Crippen molar-refractivity contribution in [2.45, 2.75) is 108 Å². The van der Waals surface area contributed by atoms with E-state index in [9.17, 15) is 40.3 Å². The fourth-order valence-electron chi connectivity index (χ4n) is 9.67. The number of rotatable bonds is 20. The number of carbonyl (C=O) groups excluding carboxylic acids is 3. The first-order valence-electron chi connectivity index (χ1n) is 23.7. The van der Waals surface area contributed by atoms with Crippen LogP contribution in [0.5, 0.6) is 5.75 Å². The Morgan fingerprint density at radius 3 is 2.25 bits per heavy atom. The number of nitrogens with one attached hydrogen (secondary N) is 1. The Morgan fingerprint density at radius 1 is 0.826 bits per heavy atom. The number of aryl methyl sites for hydroxylation is 1. The maximum atomic E-state index is 12.7. The van der Waals surface area contributed by atoms with Gasteiger partial charge in [0, 0.05) is 79.1 Å². The minimum Gasteiger partial charge on any atom is -0.457 e. The van der Waals surface area contributed by atoms with Crippen LogP contribution in [-0.4, -0.2) is 90.8 Å². The summed E-state index contributed by atoms with van der Waals surface area (Å²) >= 11 is 0. The van der Waals surface area contributed by atoms with Gasteiger partial charge in [-0.15, -0.1) is 0 Å². The zero-order valence-corrected chi connectivity index (χ0v) is 41.7. The Bertz CT molecular complexity index is 2910. The van der Waals surface area contributed by atoms with Crippen LogP contribution < -0.4 is 15.0 Å². The average molecular weight is 980 g/mol. The molecule has 0 atom stereocenters. The van der Waals surface area contributed by atoms with Crippen molar-refractivity contribution in [3.63, 3.8) is 0 Å². The summed E-state index contributed by atoms with van der Waals surface area (Å²) < 4.78 is 76.5. The van der Waals surface area contributed by atoms with Crippen molar-refractivity contribution in [2.75, 3.05) is 36.8 Å². The first kappa shape index (κ1) is 50.9. The van der Waals surface area contributed by atoms with Crippen LogP contribution in [0.1, 0.15) is 103 Å². The Hall–Kier alpha value is -5.94. The first-order chi connectivity index (χ1) is 32.7. The molecule has 0 bridgehead atoms. The lowest BCUT2D eigenvalue weighted by molar-refractivity contribution is -0.438. The number of benzene rings is 3. The van der Waals surface area contributed by atoms with Gasteiger partial charge >= 0.3 is 0 Å². The summed E-state index contributed by atoms with van der Waals surface area (Å²) in [4.78, 5) is 39.3. The average Bonchev–Trinajstić information content (AvgIpc) is 3.82. The number of hydrogen-bond acceptors (Lipinski definition) is 9. The van der Waals surface area contributed by atoms with E-state index in [0.29, 0.717) is 42.9 Å². The second-order valence-corrected chi connectivity index (χ2v) is 22.0. The van der Waals surface area contributed by atoms with E-state index < -0.39 is 37.5 Å². The van der Waals surface area contributed by atoms with Crippen molar-refractivity contribution >= 4 is 55.0 Å². The molecule has 4 aliphatic rings. The van der Waals surface area contributed by atoms with E-state index in [4.69, 9.17) is 4.74 Å². The number of unbranched alkanes of at least 4 members (excludes halogenated alkanes) is 2. The molecule has 14 nitrogen and oxygen atoms in total. The van der Waals surface area contributed by atoms with Crippen LogP contribution in [0.4, 0.5) is 11.4 Å². The van der Waals surface area contributed by atoms with Crippen LogP contribution >= 0.6 is 0 Å². The topological polar surface area (TPSA) is 191 Å². The van der Waals surface area contributed by atoms with Gasteiger partial charge in [0.15, 0.2) is 5.71 Å². The third-order valence-corrected chi connectivity index (χ3v) is 15.1. The van der Waals surface area contributed by atoms with Gasteiger partial charge < -0.3 is 15.0 Å². The Morgan fingerprint density at radius 2 is 1.55 bits per heavy atom. The van der Waals surface area contributed by atoms with Crippen molar-refractivity contribution in [1.29, 1.82) is 0 Å². The highest BCUT2D eigenvalue weighted by Crippen LogP contribution is 2.49. The van der Waals surface area contributed by atoms with Crippen molar-refractivity contribution in [3.8, 4) is 5.75 Å². The molecule has 0 unspecified atom stereocenters. The molecule has 69 heavy (non-hydrogen) atoms. The molecule has 0 saturated heterocycles. The molecule has 366 valence electrons. The largest absolute Gasteiger partial charge is 0.457 e. The Kier molecular flexibility index (Phi) is 15.5. The lowest BCUT2D eigenvalue weighted by Crippen LogP contribution is -2.38. The fourth-order valence-corrected chi connectivity index (χ4v) is 10.7. The van der Waals surface area contributed by atoms with Gasteiger partial charge in [-0.1, -0.05) is 63.6 Å². The predicted molar refractivity (Wildman–Crippen MR) is 267 cm³/mol. The van der Waals surface area contributed by atoms with Crippen LogP contribution in [0, 0.1) is 0 Å². The van der Waals surface area contributed by atoms with Crippen molar-refractivity contribution in [2.24, 2.45) is 0 Å². The number of ether oxygens (including phenoxy) is 1. The summed E-state index contributed by atoms with van der Waals surface area (Å²) in [7, 11) is -8.66. The molecule has 3 aromatic rings. The summed E-state index contributed by atoms with van der Waals surface area (Å²) in [6, 6.07) is 20.7. The molecule has 0 spiro atoms. The number of amides is 3. The van der Waals surface area contributed by atoms with Crippen LogP contribution in [0.2, 0.25) is 0 Å². The summed E-state index contributed by atoms with van der Waals surface area (Å²) in [6.07, 6.45) is 16.6. The van der Waals surface area contributed by atoms with Crippen molar-refractivity contribution in [3.05, 3.63) is 142 Å². The molecule has 3 heterocycles. The molecule has 0 fully saturated rings.